The average molecular weight is 434 g/mol. The summed E-state index contributed by atoms with van der Waals surface area (Å²) in [6, 6.07) is 10.1. The number of hydrogen-bond donors (Lipinski definition) is 2. The Morgan fingerprint density at radius 1 is 1.21 bits per heavy atom. The summed E-state index contributed by atoms with van der Waals surface area (Å²) < 4.78 is 37.9. The number of fused-ring (bicyclic) bond motifs is 1. The minimum absolute atomic E-state index is 0.171. The first-order valence-corrected chi connectivity index (χ1v) is 11.4. The molecule has 7 nitrogen and oxygen atoms in total. The van der Waals surface area contributed by atoms with E-state index in [0.29, 0.717) is 23.5 Å². The Balaban J connectivity index is 1.60. The van der Waals surface area contributed by atoms with Crippen LogP contribution in [0.3, 0.4) is 0 Å². The molecule has 0 saturated carbocycles. The number of rotatable bonds is 8. The van der Waals surface area contributed by atoms with Crippen LogP contribution in [0.4, 0.5) is 5.69 Å². The lowest BCUT2D eigenvalue weighted by Gasteiger charge is -2.12. The van der Waals surface area contributed by atoms with Crippen molar-refractivity contribution in [3.05, 3.63) is 48.2 Å². The highest BCUT2D eigenvalue weighted by molar-refractivity contribution is 7.89. The van der Waals surface area contributed by atoms with Crippen LogP contribution in [-0.4, -0.2) is 31.9 Å². The van der Waals surface area contributed by atoms with Crippen molar-refractivity contribution in [2.45, 2.75) is 25.7 Å². The van der Waals surface area contributed by atoms with Gasteiger partial charge in [0.2, 0.25) is 10.0 Å². The van der Waals surface area contributed by atoms with Gasteiger partial charge in [-0.25, -0.2) is 13.1 Å². The molecule has 154 valence electrons. The van der Waals surface area contributed by atoms with Crippen LogP contribution in [0.1, 0.15) is 19.4 Å². The zero-order valence-corrected chi connectivity index (χ0v) is 18.1. The zero-order valence-electron chi connectivity index (χ0n) is 16.4. The molecule has 0 radical (unpaired) electrons. The summed E-state index contributed by atoms with van der Waals surface area (Å²) in [5.41, 5.74) is 1.30. The van der Waals surface area contributed by atoms with Gasteiger partial charge in [0, 0.05) is 23.8 Å². The second-order valence-corrected chi connectivity index (χ2v) is 9.69. The number of aromatic nitrogens is 1. The van der Waals surface area contributed by atoms with Crippen molar-refractivity contribution < 1.29 is 17.9 Å². The molecule has 0 aliphatic heterocycles. The molecule has 1 amide bonds. The largest absolute Gasteiger partial charge is 0.483 e. The second-order valence-electron chi connectivity index (χ2n) is 7.09. The maximum atomic E-state index is 12.3. The number of ether oxygens (including phenoxy) is 1. The quantitative estimate of drug-likeness (QED) is 0.566. The normalized spacial score (nSPS) is 11.7. The Bertz CT molecular complexity index is 1120. The number of nitrogens with one attached hydrogen (secondary N) is 2. The van der Waals surface area contributed by atoms with E-state index in [4.69, 9.17) is 4.74 Å². The van der Waals surface area contributed by atoms with E-state index >= 15 is 0 Å². The summed E-state index contributed by atoms with van der Waals surface area (Å²) in [5, 5.41) is 3.75. The first kappa shape index (κ1) is 21.2. The molecule has 1 aromatic heterocycles. The van der Waals surface area contributed by atoms with Gasteiger partial charge < -0.3 is 10.1 Å². The third-order valence-electron chi connectivity index (χ3n) is 4.13. The van der Waals surface area contributed by atoms with Crippen molar-refractivity contribution >= 4 is 43.2 Å². The first-order chi connectivity index (χ1) is 13.7. The molecule has 0 unspecified atom stereocenters. The minimum Gasteiger partial charge on any atom is -0.483 e. The first-order valence-electron chi connectivity index (χ1n) is 9.12. The van der Waals surface area contributed by atoms with Crippen molar-refractivity contribution in [2.24, 2.45) is 5.92 Å². The fourth-order valence-corrected chi connectivity index (χ4v) is 4.53. The Morgan fingerprint density at radius 2 is 2.00 bits per heavy atom. The molecule has 9 heteroatoms. The predicted molar refractivity (Wildman–Crippen MR) is 115 cm³/mol. The summed E-state index contributed by atoms with van der Waals surface area (Å²) in [6.07, 6.45) is 1.75. The lowest BCUT2D eigenvalue weighted by Crippen LogP contribution is -2.27. The topological polar surface area (TPSA) is 97.4 Å². The van der Waals surface area contributed by atoms with Gasteiger partial charge in [-0.2, -0.15) is 4.37 Å². The highest BCUT2D eigenvalue weighted by Crippen LogP contribution is 2.23. The van der Waals surface area contributed by atoms with Gasteiger partial charge in [-0.3, -0.25) is 4.79 Å². The Labute approximate surface area is 174 Å². The molecule has 3 aromatic rings. The van der Waals surface area contributed by atoms with Crippen molar-refractivity contribution in [3.8, 4) is 5.75 Å². The maximum absolute atomic E-state index is 12.3. The lowest BCUT2D eigenvalue weighted by atomic mass is 10.2. The number of aryl methyl sites for hydroxylation is 1. The smallest absolute Gasteiger partial charge is 0.262 e. The zero-order chi connectivity index (χ0) is 21.0. The Kier molecular flexibility index (Phi) is 6.51. The number of nitrogens with zero attached hydrogens (tertiary/aromatic N) is 1. The molecule has 0 saturated heterocycles. The van der Waals surface area contributed by atoms with E-state index in [1.165, 1.54) is 23.7 Å². The summed E-state index contributed by atoms with van der Waals surface area (Å²) in [5.74, 6) is 0.367. The van der Waals surface area contributed by atoms with E-state index in [0.717, 1.165) is 10.1 Å². The van der Waals surface area contributed by atoms with Crippen molar-refractivity contribution in [1.29, 1.82) is 0 Å². The van der Waals surface area contributed by atoms with Crippen LogP contribution in [0.2, 0.25) is 0 Å². The van der Waals surface area contributed by atoms with Crippen molar-refractivity contribution in [1.82, 2.24) is 9.10 Å². The molecule has 1 heterocycles. The molecular formula is C20H23N3O4S2. The molecule has 29 heavy (non-hydrogen) atoms. The van der Waals surface area contributed by atoms with Crippen LogP contribution >= 0.6 is 11.5 Å². The SMILES string of the molecule is Cc1cc(S(=O)(=O)NCC(C)C)ccc1OCC(=O)Nc1ccc2sncc2c1. The number of anilines is 1. The van der Waals surface area contributed by atoms with Crippen molar-refractivity contribution in [2.75, 3.05) is 18.5 Å². The fraction of sp³-hybridized carbons (Fsp3) is 0.300. The van der Waals surface area contributed by atoms with E-state index in [1.807, 2.05) is 32.0 Å². The monoisotopic (exact) mass is 433 g/mol. The summed E-state index contributed by atoms with van der Waals surface area (Å²) in [4.78, 5) is 12.4. The lowest BCUT2D eigenvalue weighted by molar-refractivity contribution is -0.118. The van der Waals surface area contributed by atoms with E-state index < -0.39 is 10.0 Å². The third-order valence-corrected chi connectivity index (χ3v) is 6.33. The number of hydrogen-bond acceptors (Lipinski definition) is 6. The maximum Gasteiger partial charge on any atom is 0.262 e. The highest BCUT2D eigenvalue weighted by atomic mass is 32.2. The number of benzene rings is 2. The van der Waals surface area contributed by atoms with Gasteiger partial charge in [0.15, 0.2) is 6.61 Å². The Hall–Kier alpha value is -2.49. The van der Waals surface area contributed by atoms with Gasteiger partial charge in [0.25, 0.3) is 5.91 Å². The molecule has 0 bridgehead atoms. The number of amides is 1. The molecule has 2 N–H and O–H groups in total. The highest BCUT2D eigenvalue weighted by Gasteiger charge is 2.16. The van der Waals surface area contributed by atoms with Crippen LogP contribution in [0, 0.1) is 12.8 Å². The van der Waals surface area contributed by atoms with Gasteiger partial charge in [-0.15, -0.1) is 0 Å². The van der Waals surface area contributed by atoms with E-state index in [-0.39, 0.29) is 23.3 Å². The molecule has 2 aromatic carbocycles. The molecular weight excluding hydrogens is 410 g/mol. The second kappa shape index (κ2) is 8.89. The van der Waals surface area contributed by atoms with E-state index in [9.17, 15) is 13.2 Å². The summed E-state index contributed by atoms with van der Waals surface area (Å²) >= 11 is 1.40. The van der Waals surface area contributed by atoms with Gasteiger partial charge in [-0.1, -0.05) is 13.8 Å². The molecule has 0 spiro atoms. The summed E-state index contributed by atoms with van der Waals surface area (Å²) in [7, 11) is -3.57. The van der Waals surface area contributed by atoms with Crippen molar-refractivity contribution in [3.63, 3.8) is 0 Å². The average Bonchev–Trinajstić information content (AvgIpc) is 3.13. The molecule has 3 rings (SSSR count). The van der Waals surface area contributed by atoms with E-state index in [1.54, 1.807) is 19.2 Å². The van der Waals surface area contributed by atoms with Gasteiger partial charge in [0.1, 0.15) is 5.75 Å². The third kappa shape index (κ3) is 5.53. The number of sulfonamides is 1. The van der Waals surface area contributed by atoms with Gasteiger partial charge in [0.05, 0.1) is 9.60 Å². The number of carbonyl (C=O) groups excluding carboxylic acids is 1. The van der Waals surface area contributed by atoms with Crippen LogP contribution in [0.15, 0.2) is 47.5 Å². The van der Waals surface area contributed by atoms with Crippen LogP contribution in [0.25, 0.3) is 10.1 Å². The minimum atomic E-state index is -3.57. The molecule has 0 aliphatic rings. The fourth-order valence-electron chi connectivity index (χ4n) is 2.60. The van der Waals surface area contributed by atoms with Gasteiger partial charge >= 0.3 is 0 Å². The Morgan fingerprint density at radius 3 is 2.72 bits per heavy atom. The standard InChI is InChI=1S/C20H23N3O4S2/c1-13(2)10-22-29(25,26)17-5-6-18(14(3)8-17)27-12-20(24)23-16-4-7-19-15(9-16)11-21-28-19/h4-9,11,13,22H,10,12H2,1-3H3,(H,23,24). The predicted octanol–water partition coefficient (Wildman–Crippen LogP) is 3.56. The van der Waals surface area contributed by atoms with Gasteiger partial charge in [-0.05, 0) is 66.3 Å². The molecule has 0 aliphatic carbocycles. The molecule has 0 fully saturated rings. The molecule has 0 atom stereocenters. The summed E-state index contributed by atoms with van der Waals surface area (Å²) in [6.45, 7) is 5.80. The van der Waals surface area contributed by atoms with E-state index in [2.05, 4.69) is 14.4 Å². The number of carbonyl (C=O) groups is 1. The van der Waals surface area contributed by atoms with Crippen LogP contribution in [-0.2, 0) is 14.8 Å². The van der Waals surface area contributed by atoms with Crippen LogP contribution in [0.5, 0.6) is 5.75 Å². The van der Waals surface area contributed by atoms with Crippen LogP contribution < -0.4 is 14.8 Å².